The summed E-state index contributed by atoms with van der Waals surface area (Å²) in [6, 6.07) is 0. The maximum atomic E-state index is 11.0. The Morgan fingerprint density at radius 2 is 2.55 bits per heavy atom. The predicted octanol–water partition coefficient (Wildman–Crippen LogP) is 0.695. The Kier molecular flexibility index (Phi) is 2.41. The second-order valence-corrected chi connectivity index (χ2v) is 2.48. The summed E-state index contributed by atoms with van der Waals surface area (Å²) in [5.41, 5.74) is 0.567. The van der Waals surface area contributed by atoms with E-state index in [1.165, 1.54) is 7.11 Å². The number of carbonyl (C=O) groups is 2. The van der Waals surface area contributed by atoms with E-state index in [9.17, 15) is 9.59 Å². The minimum Gasteiger partial charge on any atom is -0.469 e. The number of carbonyl (C=O) groups excluding carboxylic acids is 2. The van der Waals surface area contributed by atoms with E-state index in [-0.39, 0.29) is 11.9 Å². The van der Waals surface area contributed by atoms with Gasteiger partial charge in [0.15, 0.2) is 0 Å². The first-order valence-electron chi connectivity index (χ1n) is 3.52. The lowest BCUT2D eigenvalue weighted by Gasteiger charge is -2.06. The van der Waals surface area contributed by atoms with E-state index >= 15 is 0 Å². The van der Waals surface area contributed by atoms with Crippen molar-refractivity contribution in [3.63, 3.8) is 0 Å². The lowest BCUT2D eigenvalue weighted by molar-refractivity contribution is -0.144. The molecule has 1 aliphatic carbocycles. The van der Waals surface area contributed by atoms with Crippen LogP contribution in [0.2, 0.25) is 0 Å². The standard InChI is InChI=1S/C8H10O3/c1-11-8(10)7-4-2-3-6(7)5-9/h3,5,7H,2,4H2,1H3. The highest BCUT2D eigenvalue weighted by Gasteiger charge is 2.26. The normalized spacial score (nSPS) is 22.6. The van der Waals surface area contributed by atoms with Gasteiger partial charge in [0.25, 0.3) is 0 Å². The Balaban J connectivity index is 2.67. The van der Waals surface area contributed by atoms with Crippen LogP contribution in [0.25, 0.3) is 0 Å². The van der Waals surface area contributed by atoms with E-state index in [0.29, 0.717) is 12.0 Å². The molecule has 0 fully saturated rings. The zero-order valence-electron chi connectivity index (χ0n) is 6.37. The number of aldehydes is 1. The SMILES string of the molecule is COC(=O)C1CCC=C1C=O. The lowest BCUT2D eigenvalue weighted by Crippen LogP contribution is -2.15. The van der Waals surface area contributed by atoms with Crippen LogP contribution >= 0.6 is 0 Å². The number of esters is 1. The second kappa shape index (κ2) is 3.32. The Morgan fingerprint density at radius 3 is 3.09 bits per heavy atom. The molecule has 1 rings (SSSR count). The third-order valence-electron chi connectivity index (χ3n) is 1.86. The molecule has 0 N–H and O–H groups in total. The minimum absolute atomic E-state index is 0.305. The first kappa shape index (κ1) is 7.98. The fourth-order valence-electron chi connectivity index (χ4n) is 1.25. The van der Waals surface area contributed by atoms with Gasteiger partial charge in [-0.3, -0.25) is 9.59 Å². The third-order valence-corrected chi connectivity index (χ3v) is 1.86. The number of hydrogen-bond acceptors (Lipinski definition) is 3. The molecule has 0 radical (unpaired) electrons. The zero-order chi connectivity index (χ0) is 8.27. The summed E-state index contributed by atoms with van der Waals surface area (Å²) < 4.78 is 4.53. The smallest absolute Gasteiger partial charge is 0.313 e. The molecular formula is C8H10O3. The van der Waals surface area contributed by atoms with E-state index in [1.807, 2.05) is 0 Å². The van der Waals surface area contributed by atoms with E-state index in [1.54, 1.807) is 6.08 Å². The number of hydrogen-bond donors (Lipinski definition) is 0. The van der Waals surface area contributed by atoms with Gasteiger partial charge in [-0.2, -0.15) is 0 Å². The molecule has 0 aromatic carbocycles. The Bertz CT molecular complexity index is 205. The van der Waals surface area contributed by atoms with Gasteiger partial charge in [-0.15, -0.1) is 0 Å². The van der Waals surface area contributed by atoms with Crippen LogP contribution in [0, 0.1) is 5.92 Å². The van der Waals surface area contributed by atoms with Gasteiger partial charge in [-0.25, -0.2) is 0 Å². The van der Waals surface area contributed by atoms with Gasteiger partial charge in [0.05, 0.1) is 13.0 Å². The van der Waals surface area contributed by atoms with Crippen LogP contribution in [0.15, 0.2) is 11.6 Å². The summed E-state index contributed by atoms with van der Waals surface area (Å²) in [5.74, 6) is -0.613. The molecule has 0 aromatic rings. The van der Waals surface area contributed by atoms with Gasteiger partial charge in [0.1, 0.15) is 6.29 Å². The van der Waals surface area contributed by atoms with E-state index in [2.05, 4.69) is 4.74 Å². The van der Waals surface area contributed by atoms with Crippen LogP contribution in [0.3, 0.4) is 0 Å². The van der Waals surface area contributed by atoms with Crippen LogP contribution in [-0.2, 0) is 14.3 Å². The van der Waals surface area contributed by atoms with Crippen LogP contribution < -0.4 is 0 Å². The summed E-state index contributed by atoms with van der Waals surface area (Å²) in [5, 5.41) is 0. The molecule has 1 aliphatic rings. The van der Waals surface area contributed by atoms with Crippen molar-refractivity contribution in [1.82, 2.24) is 0 Å². The van der Waals surface area contributed by atoms with Crippen molar-refractivity contribution < 1.29 is 14.3 Å². The predicted molar refractivity (Wildman–Crippen MR) is 38.9 cm³/mol. The summed E-state index contributed by atoms with van der Waals surface area (Å²) in [6.45, 7) is 0. The highest BCUT2D eigenvalue weighted by molar-refractivity contribution is 5.87. The molecule has 60 valence electrons. The van der Waals surface area contributed by atoms with Crippen LogP contribution in [0.1, 0.15) is 12.8 Å². The first-order valence-corrected chi connectivity index (χ1v) is 3.52. The summed E-state index contributed by atoms with van der Waals surface area (Å²) in [6.07, 6.45) is 4.03. The third kappa shape index (κ3) is 1.48. The van der Waals surface area contributed by atoms with Gasteiger partial charge in [0.2, 0.25) is 0 Å². The van der Waals surface area contributed by atoms with Gasteiger partial charge in [-0.1, -0.05) is 6.08 Å². The quantitative estimate of drug-likeness (QED) is 0.434. The fraction of sp³-hybridized carbons (Fsp3) is 0.500. The van der Waals surface area contributed by atoms with Gasteiger partial charge in [-0.05, 0) is 12.8 Å². The average Bonchev–Trinajstić information content (AvgIpc) is 2.50. The van der Waals surface area contributed by atoms with Crippen LogP contribution in [-0.4, -0.2) is 19.4 Å². The molecule has 1 unspecified atom stereocenters. The molecule has 0 heterocycles. The molecular weight excluding hydrogens is 144 g/mol. The van der Waals surface area contributed by atoms with Crippen molar-refractivity contribution in [2.45, 2.75) is 12.8 Å². The highest BCUT2D eigenvalue weighted by atomic mass is 16.5. The number of methoxy groups -OCH3 is 1. The monoisotopic (exact) mass is 154 g/mol. The molecule has 1 atom stereocenters. The van der Waals surface area contributed by atoms with Gasteiger partial charge >= 0.3 is 5.97 Å². The molecule has 0 spiro atoms. The van der Waals surface area contributed by atoms with Crippen molar-refractivity contribution in [2.24, 2.45) is 5.92 Å². The Morgan fingerprint density at radius 1 is 1.82 bits per heavy atom. The second-order valence-electron chi connectivity index (χ2n) is 2.48. The van der Waals surface area contributed by atoms with Gasteiger partial charge in [0, 0.05) is 5.57 Å². The first-order chi connectivity index (χ1) is 5.29. The Hall–Kier alpha value is -1.12. The number of ether oxygens (including phenoxy) is 1. The molecule has 0 saturated heterocycles. The van der Waals surface area contributed by atoms with Crippen molar-refractivity contribution >= 4 is 12.3 Å². The molecule has 11 heavy (non-hydrogen) atoms. The maximum absolute atomic E-state index is 11.0. The topological polar surface area (TPSA) is 43.4 Å². The summed E-state index contributed by atoms with van der Waals surface area (Å²) in [7, 11) is 1.34. The Labute approximate surface area is 65.0 Å². The largest absolute Gasteiger partial charge is 0.469 e. The zero-order valence-corrected chi connectivity index (χ0v) is 6.37. The van der Waals surface area contributed by atoms with E-state index < -0.39 is 0 Å². The fourth-order valence-corrected chi connectivity index (χ4v) is 1.25. The van der Waals surface area contributed by atoms with Crippen molar-refractivity contribution in [1.29, 1.82) is 0 Å². The van der Waals surface area contributed by atoms with E-state index in [4.69, 9.17) is 0 Å². The molecule has 3 nitrogen and oxygen atoms in total. The van der Waals surface area contributed by atoms with Crippen molar-refractivity contribution in [3.8, 4) is 0 Å². The average molecular weight is 154 g/mol. The lowest BCUT2D eigenvalue weighted by atomic mass is 10.0. The summed E-state index contributed by atoms with van der Waals surface area (Å²) >= 11 is 0. The molecule has 0 aromatic heterocycles. The van der Waals surface area contributed by atoms with Crippen molar-refractivity contribution in [3.05, 3.63) is 11.6 Å². The molecule has 0 saturated carbocycles. The molecule has 0 aliphatic heterocycles. The van der Waals surface area contributed by atoms with Crippen molar-refractivity contribution in [2.75, 3.05) is 7.11 Å². The molecule has 3 heteroatoms. The van der Waals surface area contributed by atoms with Crippen LogP contribution in [0.4, 0.5) is 0 Å². The van der Waals surface area contributed by atoms with Crippen LogP contribution in [0.5, 0.6) is 0 Å². The summed E-state index contributed by atoms with van der Waals surface area (Å²) in [4.78, 5) is 21.3. The number of allylic oxidation sites excluding steroid dienone is 1. The molecule has 0 amide bonds. The molecule has 0 bridgehead atoms. The minimum atomic E-state index is -0.308. The van der Waals surface area contributed by atoms with Gasteiger partial charge < -0.3 is 4.74 Å². The van der Waals surface area contributed by atoms with E-state index in [0.717, 1.165) is 12.7 Å². The maximum Gasteiger partial charge on any atom is 0.313 e. The number of rotatable bonds is 2. The highest BCUT2D eigenvalue weighted by Crippen LogP contribution is 2.24.